The smallest absolute Gasteiger partial charge is 0.220 e. The fourth-order valence-corrected chi connectivity index (χ4v) is 10.2. The van der Waals surface area contributed by atoms with E-state index in [2.05, 4.69) is 43.5 Å². The first kappa shape index (κ1) is 68.6. The molecule has 0 aliphatic carbocycles. The van der Waals surface area contributed by atoms with Gasteiger partial charge in [0.2, 0.25) is 5.91 Å². The molecule has 4 heteroatoms. The summed E-state index contributed by atoms with van der Waals surface area (Å²) in [5.41, 5.74) is 0. The molecule has 414 valence electrons. The van der Waals surface area contributed by atoms with E-state index in [-0.39, 0.29) is 12.5 Å². The number of unbranched alkanes of at least 4 members (excludes halogenated alkanes) is 49. The van der Waals surface area contributed by atoms with Crippen molar-refractivity contribution in [3.05, 3.63) is 36.5 Å². The summed E-state index contributed by atoms with van der Waals surface area (Å²) in [5.74, 6) is -0.0596. The number of hydrogen-bond acceptors (Lipinski definition) is 3. The van der Waals surface area contributed by atoms with Crippen molar-refractivity contribution in [3.63, 3.8) is 0 Å². The average Bonchev–Trinajstić information content (AvgIpc) is 3.36. The van der Waals surface area contributed by atoms with E-state index in [1.807, 2.05) is 6.08 Å². The first-order valence-corrected chi connectivity index (χ1v) is 32.2. The van der Waals surface area contributed by atoms with Crippen LogP contribution in [0.15, 0.2) is 36.5 Å². The number of allylic oxidation sites excluding steroid dienone is 5. The van der Waals surface area contributed by atoms with Crippen molar-refractivity contribution in [2.75, 3.05) is 6.61 Å². The highest BCUT2D eigenvalue weighted by Crippen LogP contribution is 2.18. The second-order valence-corrected chi connectivity index (χ2v) is 22.2. The molecule has 70 heavy (non-hydrogen) atoms. The summed E-state index contributed by atoms with van der Waals surface area (Å²) in [6.45, 7) is 4.34. The predicted molar refractivity (Wildman–Crippen MR) is 313 cm³/mol. The molecule has 0 heterocycles. The molecule has 0 radical (unpaired) electrons. The molecule has 0 spiro atoms. The molecule has 0 saturated carbocycles. The second kappa shape index (κ2) is 61.9. The minimum Gasteiger partial charge on any atom is -0.394 e. The van der Waals surface area contributed by atoms with Gasteiger partial charge in [-0.25, -0.2) is 0 Å². The Morgan fingerprint density at radius 3 is 0.857 bits per heavy atom. The largest absolute Gasteiger partial charge is 0.394 e. The molecule has 0 saturated heterocycles. The Kier molecular flexibility index (Phi) is 60.7. The molecule has 0 bridgehead atoms. The summed E-state index contributed by atoms with van der Waals surface area (Å²) >= 11 is 0. The van der Waals surface area contributed by atoms with Crippen LogP contribution >= 0.6 is 0 Å². The fourth-order valence-electron chi connectivity index (χ4n) is 10.2. The lowest BCUT2D eigenvalue weighted by atomic mass is 10.0. The van der Waals surface area contributed by atoms with Gasteiger partial charge in [0, 0.05) is 6.42 Å². The first-order valence-electron chi connectivity index (χ1n) is 32.2. The maximum Gasteiger partial charge on any atom is 0.220 e. The van der Waals surface area contributed by atoms with Crippen molar-refractivity contribution in [1.82, 2.24) is 5.32 Å². The molecule has 1 amide bonds. The quantitative estimate of drug-likeness (QED) is 0.0420. The molecule has 4 nitrogen and oxygen atoms in total. The number of rotatable bonds is 60. The number of nitrogens with one attached hydrogen (secondary N) is 1. The lowest BCUT2D eigenvalue weighted by Crippen LogP contribution is -2.45. The van der Waals surface area contributed by atoms with Gasteiger partial charge in [0.05, 0.1) is 18.8 Å². The van der Waals surface area contributed by atoms with Crippen LogP contribution in [0, 0.1) is 0 Å². The minimum absolute atomic E-state index is 0.0596. The predicted octanol–water partition coefficient (Wildman–Crippen LogP) is 21.6. The van der Waals surface area contributed by atoms with Crippen LogP contribution in [-0.2, 0) is 4.79 Å². The number of carbonyl (C=O) groups is 1. The van der Waals surface area contributed by atoms with E-state index in [4.69, 9.17) is 0 Å². The van der Waals surface area contributed by atoms with Crippen LogP contribution in [0.25, 0.3) is 0 Å². The molecule has 0 aliphatic rings. The van der Waals surface area contributed by atoms with E-state index in [0.29, 0.717) is 6.42 Å². The Bertz CT molecular complexity index is 1070. The van der Waals surface area contributed by atoms with Gasteiger partial charge in [0.15, 0.2) is 0 Å². The van der Waals surface area contributed by atoms with Crippen molar-refractivity contribution in [3.8, 4) is 0 Å². The number of carbonyl (C=O) groups excluding carboxylic acids is 1. The maximum absolute atomic E-state index is 12.5. The van der Waals surface area contributed by atoms with Crippen LogP contribution in [0.1, 0.15) is 361 Å². The zero-order valence-electron chi connectivity index (χ0n) is 47.8. The summed E-state index contributed by atoms with van der Waals surface area (Å²) < 4.78 is 0. The van der Waals surface area contributed by atoms with Gasteiger partial charge in [-0.2, -0.15) is 0 Å². The molecular formula is C66H127NO3. The van der Waals surface area contributed by atoms with E-state index >= 15 is 0 Å². The van der Waals surface area contributed by atoms with Crippen molar-refractivity contribution in [2.45, 2.75) is 373 Å². The molecule has 0 aromatic heterocycles. The van der Waals surface area contributed by atoms with Gasteiger partial charge in [-0.05, 0) is 51.4 Å². The summed E-state index contributed by atoms with van der Waals surface area (Å²) in [5, 5.41) is 23.3. The zero-order chi connectivity index (χ0) is 50.6. The lowest BCUT2D eigenvalue weighted by molar-refractivity contribution is -0.123. The van der Waals surface area contributed by atoms with Crippen LogP contribution in [0.3, 0.4) is 0 Å². The number of aliphatic hydroxyl groups is 2. The molecule has 0 fully saturated rings. The van der Waals surface area contributed by atoms with Gasteiger partial charge in [0.25, 0.3) is 0 Å². The van der Waals surface area contributed by atoms with Gasteiger partial charge >= 0.3 is 0 Å². The van der Waals surface area contributed by atoms with E-state index in [0.717, 1.165) is 32.1 Å². The number of hydrogen-bond donors (Lipinski definition) is 3. The summed E-state index contributed by atoms with van der Waals surface area (Å²) in [6.07, 6.45) is 84.9. The highest BCUT2D eigenvalue weighted by atomic mass is 16.3. The Labute approximate surface area is 440 Å². The summed E-state index contributed by atoms with van der Waals surface area (Å²) in [6, 6.07) is -0.624. The van der Waals surface area contributed by atoms with Gasteiger partial charge < -0.3 is 15.5 Å². The molecule has 0 aromatic rings. The van der Waals surface area contributed by atoms with E-state index in [1.54, 1.807) is 6.08 Å². The van der Waals surface area contributed by atoms with Crippen LogP contribution in [0.5, 0.6) is 0 Å². The third-order valence-electron chi connectivity index (χ3n) is 15.1. The van der Waals surface area contributed by atoms with Crippen molar-refractivity contribution < 1.29 is 15.0 Å². The van der Waals surface area contributed by atoms with Crippen LogP contribution in [0.4, 0.5) is 0 Å². The minimum atomic E-state index is -0.841. The third kappa shape index (κ3) is 57.5. The molecule has 0 aliphatic heterocycles. The fraction of sp³-hybridized carbons (Fsp3) is 0.894. The highest BCUT2D eigenvalue weighted by Gasteiger charge is 2.18. The maximum atomic E-state index is 12.5. The topological polar surface area (TPSA) is 69.6 Å². The van der Waals surface area contributed by atoms with Gasteiger partial charge in [0.1, 0.15) is 0 Å². The highest BCUT2D eigenvalue weighted by molar-refractivity contribution is 5.76. The summed E-state index contributed by atoms with van der Waals surface area (Å²) in [7, 11) is 0. The molecule has 0 aromatic carbocycles. The molecule has 3 N–H and O–H groups in total. The molecular weight excluding hydrogens is 855 g/mol. The number of aliphatic hydroxyl groups excluding tert-OH is 2. The van der Waals surface area contributed by atoms with E-state index in [9.17, 15) is 15.0 Å². The van der Waals surface area contributed by atoms with Crippen molar-refractivity contribution in [2.24, 2.45) is 0 Å². The second-order valence-electron chi connectivity index (χ2n) is 22.2. The van der Waals surface area contributed by atoms with E-state index < -0.39 is 12.1 Å². The van der Waals surface area contributed by atoms with Crippen LogP contribution in [-0.4, -0.2) is 34.9 Å². The zero-order valence-corrected chi connectivity index (χ0v) is 47.8. The first-order chi connectivity index (χ1) is 34.7. The Balaban J connectivity index is 3.44. The van der Waals surface area contributed by atoms with Crippen molar-refractivity contribution in [1.29, 1.82) is 0 Å². The lowest BCUT2D eigenvalue weighted by Gasteiger charge is -2.20. The average molecular weight is 983 g/mol. The Morgan fingerprint density at radius 1 is 0.343 bits per heavy atom. The van der Waals surface area contributed by atoms with Crippen molar-refractivity contribution >= 4 is 5.91 Å². The van der Waals surface area contributed by atoms with Crippen LogP contribution in [0.2, 0.25) is 0 Å². The normalized spacial score (nSPS) is 12.9. The summed E-state index contributed by atoms with van der Waals surface area (Å²) in [4.78, 5) is 12.5. The third-order valence-corrected chi connectivity index (χ3v) is 15.1. The Hall–Kier alpha value is -1.39. The SMILES string of the molecule is CCCCCCC/C=C\C/C=C\CCCCCCCCCCCCCCCC(=O)NC(CO)C(O)/C=C/CCCCCCCCCCCCCCCCCCCCCCCCCCCCCCCCC. The van der Waals surface area contributed by atoms with E-state index in [1.165, 1.54) is 308 Å². The number of amides is 1. The monoisotopic (exact) mass is 982 g/mol. The van der Waals surface area contributed by atoms with Gasteiger partial charge in [-0.3, -0.25) is 4.79 Å². The molecule has 0 rings (SSSR count). The molecule has 2 atom stereocenters. The Morgan fingerprint density at radius 2 is 0.586 bits per heavy atom. The molecule has 2 unspecified atom stereocenters. The van der Waals surface area contributed by atoms with Crippen LogP contribution < -0.4 is 5.32 Å². The van der Waals surface area contributed by atoms with Gasteiger partial charge in [-0.1, -0.05) is 339 Å². The van der Waals surface area contributed by atoms with Gasteiger partial charge in [-0.15, -0.1) is 0 Å². The standard InChI is InChI=1S/C66H127NO3/c1-3-5-7-9-11-13-15-17-19-21-23-25-27-29-30-31-32-33-34-35-36-38-39-41-43-45-47-49-51-53-55-57-59-61-65(69)64(63-68)67-66(70)62-60-58-56-54-52-50-48-46-44-42-40-37-28-26-24-22-20-18-16-14-12-10-8-6-4-2/h16,18,22,24,59,61,64-65,68-69H,3-15,17,19-21,23,25-58,60,62-63H2,1-2H3,(H,67,70)/b18-16-,24-22-,61-59+.